The Kier molecular flexibility index (Phi) is 2.87. The number of hydrogen-bond donors (Lipinski definition) is 3. The fourth-order valence-corrected chi connectivity index (χ4v) is 0.760. The van der Waals surface area contributed by atoms with E-state index in [0.717, 1.165) is 5.69 Å². The number of nitrogens with one attached hydrogen (secondary N) is 1. The molecule has 12 heavy (non-hydrogen) atoms. The summed E-state index contributed by atoms with van der Waals surface area (Å²) in [5, 5.41) is 20.8. The predicted octanol–water partition coefficient (Wildman–Crippen LogP) is 0.827. The van der Waals surface area contributed by atoms with E-state index in [9.17, 15) is 5.21 Å². The van der Waals surface area contributed by atoms with Crippen LogP contribution in [0.1, 0.15) is 0 Å². The normalized spacial score (nSPS) is 10.2. The second-order valence-electron chi connectivity index (χ2n) is 2.31. The van der Waals surface area contributed by atoms with Gasteiger partial charge in [0.25, 0.3) is 0 Å². The van der Waals surface area contributed by atoms with Crippen molar-refractivity contribution in [3.05, 3.63) is 29.5 Å². The molecule has 1 aromatic carbocycles. The van der Waals surface area contributed by atoms with Crippen LogP contribution in [0.3, 0.4) is 0 Å². The van der Waals surface area contributed by atoms with Gasteiger partial charge in [0.2, 0.25) is 0 Å². The molecule has 0 aromatic heterocycles. The van der Waals surface area contributed by atoms with E-state index >= 15 is 0 Å². The van der Waals surface area contributed by atoms with Gasteiger partial charge in [0.15, 0.2) is 0 Å². The SMILES string of the molecule is Nc1ccc(NCN([O-])O)cc1. The number of anilines is 2. The largest absolute Gasteiger partial charge is 0.761 e. The number of nitrogens with two attached hydrogens (primary N) is 1. The first-order valence-corrected chi connectivity index (χ1v) is 3.41. The molecule has 1 rings (SSSR count). The minimum absolute atomic E-state index is 0.163. The van der Waals surface area contributed by atoms with Crippen LogP contribution in [-0.4, -0.2) is 17.1 Å². The van der Waals surface area contributed by atoms with Gasteiger partial charge in [-0.3, -0.25) is 0 Å². The molecule has 1 aromatic rings. The second-order valence-corrected chi connectivity index (χ2v) is 2.31. The Morgan fingerprint density at radius 1 is 1.42 bits per heavy atom. The fourth-order valence-electron chi connectivity index (χ4n) is 0.760. The van der Waals surface area contributed by atoms with Crippen LogP contribution >= 0.6 is 0 Å². The van der Waals surface area contributed by atoms with Crippen LogP contribution in [0.5, 0.6) is 0 Å². The molecule has 0 amide bonds. The van der Waals surface area contributed by atoms with Crippen molar-refractivity contribution in [1.29, 1.82) is 0 Å². The molecule has 0 aliphatic heterocycles. The van der Waals surface area contributed by atoms with Gasteiger partial charge in [-0.2, -0.15) is 0 Å². The fraction of sp³-hybridized carbons (Fsp3) is 0.143. The molecular formula is C7H10N3O2-. The summed E-state index contributed by atoms with van der Waals surface area (Å²) in [5.74, 6) is 0. The van der Waals surface area contributed by atoms with Gasteiger partial charge in [0, 0.05) is 11.4 Å². The lowest BCUT2D eigenvalue weighted by molar-refractivity contribution is -0.0330. The second kappa shape index (κ2) is 3.91. The van der Waals surface area contributed by atoms with Gasteiger partial charge in [0.1, 0.15) is 0 Å². The first-order valence-electron chi connectivity index (χ1n) is 3.41. The average Bonchev–Trinajstić information content (AvgIpc) is 2.03. The van der Waals surface area contributed by atoms with E-state index in [1.165, 1.54) is 0 Å². The van der Waals surface area contributed by atoms with E-state index < -0.39 is 0 Å². The van der Waals surface area contributed by atoms with Crippen molar-refractivity contribution in [2.75, 3.05) is 17.7 Å². The third-order valence-electron chi connectivity index (χ3n) is 1.33. The van der Waals surface area contributed by atoms with E-state index in [2.05, 4.69) is 5.32 Å². The summed E-state index contributed by atoms with van der Waals surface area (Å²) in [7, 11) is 0. The molecule has 0 saturated carbocycles. The van der Waals surface area contributed by atoms with E-state index in [1.807, 2.05) is 0 Å². The maximum atomic E-state index is 10.1. The zero-order valence-corrected chi connectivity index (χ0v) is 6.40. The lowest BCUT2D eigenvalue weighted by Crippen LogP contribution is -2.19. The van der Waals surface area contributed by atoms with Gasteiger partial charge < -0.3 is 21.5 Å². The summed E-state index contributed by atoms with van der Waals surface area (Å²) in [5.41, 5.74) is 6.82. The van der Waals surface area contributed by atoms with Crippen LogP contribution < -0.4 is 11.1 Å². The third kappa shape index (κ3) is 2.75. The Balaban J connectivity index is 2.48. The first kappa shape index (κ1) is 8.79. The van der Waals surface area contributed by atoms with E-state index in [-0.39, 0.29) is 11.9 Å². The van der Waals surface area contributed by atoms with Crippen molar-refractivity contribution in [3.63, 3.8) is 0 Å². The third-order valence-corrected chi connectivity index (χ3v) is 1.33. The van der Waals surface area contributed by atoms with E-state index in [0.29, 0.717) is 5.69 Å². The molecule has 0 saturated heterocycles. The Morgan fingerprint density at radius 3 is 2.50 bits per heavy atom. The number of rotatable bonds is 3. The molecule has 0 bridgehead atoms. The first-order chi connectivity index (χ1) is 5.68. The zero-order chi connectivity index (χ0) is 8.97. The highest BCUT2D eigenvalue weighted by molar-refractivity contribution is 5.50. The molecule has 0 unspecified atom stereocenters. The standard InChI is InChI=1S/C7H10N3O2/c8-6-1-3-7(4-2-6)9-5-10(11)12/h1-4,9,11H,5,8H2/q-1. The molecule has 0 aliphatic carbocycles. The quantitative estimate of drug-likeness (QED) is 0.353. The summed E-state index contributed by atoms with van der Waals surface area (Å²) >= 11 is 0. The summed E-state index contributed by atoms with van der Waals surface area (Å²) in [6, 6.07) is 6.85. The number of benzene rings is 1. The summed E-state index contributed by atoms with van der Waals surface area (Å²) in [6.07, 6.45) is 0. The maximum Gasteiger partial charge on any atom is 0.0786 e. The highest BCUT2D eigenvalue weighted by atomic mass is 16.8. The van der Waals surface area contributed by atoms with Gasteiger partial charge in [-0.25, -0.2) is 5.23 Å². The van der Waals surface area contributed by atoms with Gasteiger partial charge in [-0.05, 0) is 24.3 Å². The molecule has 66 valence electrons. The zero-order valence-electron chi connectivity index (χ0n) is 6.40. The van der Waals surface area contributed by atoms with Crippen molar-refractivity contribution in [2.45, 2.75) is 0 Å². The summed E-state index contributed by atoms with van der Waals surface area (Å²) < 4.78 is 0. The Labute approximate surface area is 69.9 Å². The lowest BCUT2D eigenvalue weighted by atomic mass is 10.3. The molecule has 4 N–H and O–H groups in total. The Bertz CT molecular complexity index is 235. The minimum Gasteiger partial charge on any atom is -0.761 e. The molecule has 0 spiro atoms. The summed E-state index contributed by atoms with van der Waals surface area (Å²) in [6.45, 7) is -0.163. The molecule has 0 radical (unpaired) electrons. The summed E-state index contributed by atoms with van der Waals surface area (Å²) in [4.78, 5) is 0. The van der Waals surface area contributed by atoms with Crippen LogP contribution in [0.15, 0.2) is 24.3 Å². The van der Waals surface area contributed by atoms with Crippen LogP contribution in [0, 0.1) is 5.21 Å². The monoisotopic (exact) mass is 168 g/mol. The van der Waals surface area contributed by atoms with Crippen LogP contribution in [0.25, 0.3) is 0 Å². The van der Waals surface area contributed by atoms with Crippen molar-refractivity contribution in [1.82, 2.24) is 5.23 Å². The number of hydrogen-bond acceptors (Lipinski definition) is 5. The number of hydroxylamine groups is 2. The van der Waals surface area contributed by atoms with Crippen molar-refractivity contribution < 1.29 is 5.21 Å². The van der Waals surface area contributed by atoms with Gasteiger partial charge in [-0.1, -0.05) is 0 Å². The van der Waals surface area contributed by atoms with Gasteiger partial charge in [0.05, 0.1) is 6.67 Å². The van der Waals surface area contributed by atoms with Crippen LogP contribution in [0.4, 0.5) is 11.4 Å². The minimum atomic E-state index is -0.184. The predicted molar refractivity (Wildman–Crippen MR) is 46.3 cm³/mol. The molecule has 0 heterocycles. The molecular weight excluding hydrogens is 158 g/mol. The highest BCUT2D eigenvalue weighted by Crippen LogP contribution is 2.09. The van der Waals surface area contributed by atoms with Crippen molar-refractivity contribution in [2.24, 2.45) is 0 Å². The van der Waals surface area contributed by atoms with Gasteiger partial charge >= 0.3 is 0 Å². The van der Waals surface area contributed by atoms with Crippen LogP contribution in [0.2, 0.25) is 0 Å². The smallest absolute Gasteiger partial charge is 0.0786 e. The molecule has 0 atom stereocenters. The van der Waals surface area contributed by atoms with E-state index in [1.54, 1.807) is 24.3 Å². The lowest BCUT2D eigenvalue weighted by Gasteiger charge is -2.20. The van der Waals surface area contributed by atoms with Crippen molar-refractivity contribution >= 4 is 11.4 Å². The van der Waals surface area contributed by atoms with Gasteiger partial charge in [-0.15, -0.1) is 0 Å². The Morgan fingerprint density at radius 2 is 2.00 bits per heavy atom. The highest BCUT2D eigenvalue weighted by Gasteiger charge is 1.89. The van der Waals surface area contributed by atoms with Crippen LogP contribution in [-0.2, 0) is 0 Å². The van der Waals surface area contributed by atoms with E-state index in [4.69, 9.17) is 10.9 Å². The maximum absolute atomic E-state index is 10.1. The topological polar surface area (TPSA) is 84.6 Å². The Hall–Kier alpha value is -1.30. The number of nitrogens with zero attached hydrogens (tertiary/aromatic N) is 1. The molecule has 5 nitrogen and oxygen atoms in total. The molecule has 0 fully saturated rings. The number of nitrogen functional groups attached to an aromatic ring is 1. The average molecular weight is 168 g/mol. The van der Waals surface area contributed by atoms with Crippen molar-refractivity contribution in [3.8, 4) is 0 Å². The molecule has 0 aliphatic rings. The molecule has 5 heteroatoms.